The average Bonchev–Trinajstić information content (AvgIpc) is 2.26. The van der Waals surface area contributed by atoms with Crippen LogP contribution in [0.3, 0.4) is 0 Å². The summed E-state index contributed by atoms with van der Waals surface area (Å²) in [6.45, 7) is 4.84. The van der Waals surface area contributed by atoms with E-state index < -0.39 is 18.2 Å². The number of hydrogen-bond donors (Lipinski definition) is 0. The summed E-state index contributed by atoms with van der Waals surface area (Å²) in [5, 5.41) is 0. The van der Waals surface area contributed by atoms with Crippen molar-refractivity contribution in [2.45, 2.75) is 78.4 Å². The highest BCUT2D eigenvalue weighted by molar-refractivity contribution is 5.68. The van der Waals surface area contributed by atoms with Crippen molar-refractivity contribution < 1.29 is 19.1 Å². The maximum atomic E-state index is 10.8. The van der Waals surface area contributed by atoms with E-state index in [1.165, 1.54) is 46.0 Å². The number of hydrogen-bond acceptors (Lipinski definition) is 4. The second-order valence-corrected chi connectivity index (χ2v) is 4.56. The zero-order valence-electron chi connectivity index (χ0n) is 11.9. The van der Waals surface area contributed by atoms with Gasteiger partial charge in [0.2, 0.25) is 6.29 Å². The molecule has 0 spiro atoms. The summed E-state index contributed by atoms with van der Waals surface area (Å²) in [6.07, 6.45) is 8.15. The number of unbranched alkanes of at least 4 members (excludes halogenated alkanes) is 6. The molecule has 0 saturated carbocycles. The molecule has 0 aromatic carbocycles. The normalized spacial score (nSPS) is 10.4. The minimum atomic E-state index is -0.712. The van der Waals surface area contributed by atoms with E-state index in [-0.39, 0.29) is 0 Å². The zero-order valence-corrected chi connectivity index (χ0v) is 11.9. The SMILES string of the molecule is CCCCCCCCCC(OC(C)=O)OC(C)=O. The lowest BCUT2D eigenvalue weighted by molar-refractivity contribution is -0.185. The monoisotopic (exact) mass is 258 g/mol. The highest BCUT2D eigenvalue weighted by atomic mass is 16.7. The number of rotatable bonds is 10. The lowest BCUT2D eigenvalue weighted by Crippen LogP contribution is -2.22. The average molecular weight is 258 g/mol. The fourth-order valence-electron chi connectivity index (χ4n) is 1.78. The Kier molecular flexibility index (Phi) is 10.4. The summed E-state index contributed by atoms with van der Waals surface area (Å²) >= 11 is 0. The van der Waals surface area contributed by atoms with E-state index in [0.29, 0.717) is 6.42 Å². The quantitative estimate of drug-likeness (QED) is 0.341. The number of carbonyl (C=O) groups excluding carboxylic acids is 2. The molecule has 0 bridgehead atoms. The maximum absolute atomic E-state index is 10.8. The Bertz CT molecular complexity index is 222. The van der Waals surface area contributed by atoms with Crippen LogP contribution in [-0.4, -0.2) is 18.2 Å². The van der Waals surface area contributed by atoms with E-state index in [4.69, 9.17) is 9.47 Å². The van der Waals surface area contributed by atoms with Gasteiger partial charge in [-0.3, -0.25) is 9.59 Å². The standard InChI is InChI=1S/C14H26O4/c1-4-5-6-7-8-9-10-11-14(17-12(2)15)18-13(3)16/h14H,4-11H2,1-3H3. The Morgan fingerprint density at radius 3 is 1.72 bits per heavy atom. The van der Waals surface area contributed by atoms with Crippen LogP contribution in [0.5, 0.6) is 0 Å². The first-order valence-corrected chi connectivity index (χ1v) is 6.90. The molecule has 0 N–H and O–H groups in total. The molecule has 0 aromatic heterocycles. The Labute approximate surface area is 110 Å². The van der Waals surface area contributed by atoms with Gasteiger partial charge < -0.3 is 9.47 Å². The molecular weight excluding hydrogens is 232 g/mol. The van der Waals surface area contributed by atoms with Crippen molar-refractivity contribution in [3.05, 3.63) is 0 Å². The highest BCUT2D eigenvalue weighted by Gasteiger charge is 2.14. The van der Waals surface area contributed by atoms with Crippen LogP contribution in [0.4, 0.5) is 0 Å². The van der Waals surface area contributed by atoms with Gasteiger partial charge in [-0.2, -0.15) is 0 Å². The molecule has 0 aliphatic carbocycles. The van der Waals surface area contributed by atoms with Gasteiger partial charge in [-0.25, -0.2) is 0 Å². The molecule has 0 heterocycles. The van der Waals surface area contributed by atoms with Crippen LogP contribution >= 0.6 is 0 Å². The third kappa shape index (κ3) is 11.4. The largest absolute Gasteiger partial charge is 0.425 e. The molecule has 0 atom stereocenters. The number of ether oxygens (including phenoxy) is 2. The molecule has 0 unspecified atom stereocenters. The van der Waals surface area contributed by atoms with Crippen LogP contribution in [0.2, 0.25) is 0 Å². The van der Waals surface area contributed by atoms with Gasteiger partial charge in [0.05, 0.1) is 0 Å². The Morgan fingerprint density at radius 1 is 0.833 bits per heavy atom. The van der Waals surface area contributed by atoms with Gasteiger partial charge in [-0.05, 0) is 6.42 Å². The minimum absolute atomic E-state index is 0.413. The fourth-order valence-corrected chi connectivity index (χ4v) is 1.78. The van der Waals surface area contributed by atoms with Crippen LogP contribution in [0.1, 0.15) is 72.1 Å². The van der Waals surface area contributed by atoms with Crippen LogP contribution in [-0.2, 0) is 19.1 Å². The third-order valence-electron chi connectivity index (χ3n) is 2.64. The van der Waals surface area contributed by atoms with E-state index in [1.807, 2.05) is 0 Å². The lowest BCUT2D eigenvalue weighted by atomic mass is 10.1. The van der Waals surface area contributed by atoms with Gasteiger partial charge >= 0.3 is 11.9 Å². The van der Waals surface area contributed by atoms with E-state index in [1.54, 1.807) is 0 Å². The molecule has 0 aliphatic heterocycles. The molecule has 0 fully saturated rings. The first kappa shape index (κ1) is 16.9. The molecule has 0 aliphatic rings. The summed E-state index contributed by atoms with van der Waals surface area (Å²) in [5.74, 6) is -0.826. The first-order chi connectivity index (χ1) is 8.56. The maximum Gasteiger partial charge on any atom is 0.305 e. The van der Waals surface area contributed by atoms with Crippen molar-refractivity contribution in [3.63, 3.8) is 0 Å². The molecule has 0 radical (unpaired) electrons. The second-order valence-electron chi connectivity index (χ2n) is 4.56. The van der Waals surface area contributed by atoms with Gasteiger partial charge in [-0.15, -0.1) is 0 Å². The van der Waals surface area contributed by atoms with Crippen molar-refractivity contribution >= 4 is 11.9 Å². The summed E-state index contributed by atoms with van der Waals surface area (Å²) in [6, 6.07) is 0. The predicted octanol–water partition coefficient (Wildman–Crippen LogP) is 3.58. The van der Waals surface area contributed by atoms with Gasteiger partial charge in [0, 0.05) is 20.3 Å². The smallest absolute Gasteiger partial charge is 0.305 e. The topological polar surface area (TPSA) is 52.6 Å². The van der Waals surface area contributed by atoms with Crippen molar-refractivity contribution in [1.82, 2.24) is 0 Å². The van der Waals surface area contributed by atoms with Crippen LogP contribution < -0.4 is 0 Å². The molecule has 4 nitrogen and oxygen atoms in total. The van der Waals surface area contributed by atoms with E-state index in [2.05, 4.69) is 6.92 Å². The van der Waals surface area contributed by atoms with Crippen molar-refractivity contribution in [1.29, 1.82) is 0 Å². The van der Waals surface area contributed by atoms with Crippen molar-refractivity contribution in [2.75, 3.05) is 0 Å². The van der Waals surface area contributed by atoms with Crippen LogP contribution in [0.15, 0.2) is 0 Å². The fraction of sp³-hybridized carbons (Fsp3) is 0.857. The summed E-state index contributed by atoms with van der Waals surface area (Å²) in [5.41, 5.74) is 0. The van der Waals surface area contributed by atoms with Gasteiger partial charge in [0.15, 0.2) is 0 Å². The van der Waals surface area contributed by atoms with Crippen LogP contribution in [0, 0.1) is 0 Å². The first-order valence-electron chi connectivity index (χ1n) is 6.90. The zero-order chi connectivity index (χ0) is 13.8. The third-order valence-corrected chi connectivity index (χ3v) is 2.64. The molecule has 0 aromatic rings. The van der Waals surface area contributed by atoms with E-state index in [0.717, 1.165) is 12.8 Å². The number of esters is 2. The van der Waals surface area contributed by atoms with Crippen LogP contribution in [0.25, 0.3) is 0 Å². The summed E-state index contributed by atoms with van der Waals surface area (Å²) in [4.78, 5) is 21.7. The molecule has 4 heteroatoms. The summed E-state index contributed by atoms with van der Waals surface area (Å²) < 4.78 is 9.85. The number of carbonyl (C=O) groups is 2. The Morgan fingerprint density at radius 2 is 1.28 bits per heavy atom. The predicted molar refractivity (Wildman–Crippen MR) is 69.9 cm³/mol. The minimum Gasteiger partial charge on any atom is -0.425 e. The summed E-state index contributed by atoms with van der Waals surface area (Å²) in [7, 11) is 0. The molecule has 106 valence electrons. The van der Waals surface area contributed by atoms with Crippen molar-refractivity contribution in [3.8, 4) is 0 Å². The van der Waals surface area contributed by atoms with Crippen molar-refractivity contribution in [2.24, 2.45) is 0 Å². The van der Waals surface area contributed by atoms with Gasteiger partial charge in [0.1, 0.15) is 0 Å². The van der Waals surface area contributed by atoms with E-state index >= 15 is 0 Å². The Hall–Kier alpha value is -1.06. The second kappa shape index (κ2) is 11.1. The molecule has 18 heavy (non-hydrogen) atoms. The molecule has 0 saturated heterocycles. The highest BCUT2D eigenvalue weighted by Crippen LogP contribution is 2.12. The lowest BCUT2D eigenvalue weighted by Gasteiger charge is -2.16. The molecule has 0 rings (SSSR count). The molecule has 0 amide bonds. The van der Waals surface area contributed by atoms with E-state index in [9.17, 15) is 9.59 Å². The molecular formula is C14H26O4. The van der Waals surface area contributed by atoms with Gasteiger partial charge in [-0.1, -0.05) is 45.4 Å². The van der Waals surface area contributed by atoms with Gasteiger partial charge in [0.25, 0.3) is 0 Å². The Balaban J connectivity index is 3.62.